The van der Waals surface area contributed by atoms with E-state index in [4.69, 9.17) is 4.74 Å². The monoisotopic (exact) mass is 514 g/mol. The molecule has 2 aromatic carbocycles. The van der Waals surface area contributed by atoms with Crippen molar-refractivity contribution in [3.05, 3.63) is 65.2 Å². The molecule has 1 N–H and O–H groups in total. The van der Waals surface area contributed by atoms with Crippen LogP contribution in [0.25, 0.3) is 0 Å². The van der Waals surface area contributed by atoms with E-state index in [0.29, 0.717) is 29.7 Å². The average molecular weight is 515 g/mol. The highest BCUT2D eigenvalue weighted by Gasteiger charge is 2.60. The van der Waals surface area contributed by atoms with Crippen LogP contribution < -0.4 is 10.1 Å². The SMILES string of the molecule is COc1ccc(C(F)(F)F)cc1CNC1C(c2ccccc2)N(C(=O)C2C3CCCC32)CC1C(C)(C)C. The summed E-state index contributed by atoms with van der Waals surface area (Å²) in [5.74, 6) is 1.97. The molecule has 0 radical (unpaired) electrons. The molecule has 3 fully saturated rings. The first-order chi connectivity index (χ1) is 17.5. The molecule has 5 atom stereocenters. The van der Waals surface area contributed by atoms with Gasteiger partial charge in [0.25, 0.3) is 0 Å². The zero-order chi connectivity index (χ0) is 26.5. The minimum atomic E-state index is -4.43. The topological polar surface area (TPSA) is 41.6 Å². The van der Waals surface area contributed by atoms with E-state index in [-0.39, 0.29) is 41.8 Å². The van der Waals surface area contributed by atoms with Gasteiger partial charge in [0.05, 0.1) is 18.7 Å². The lowest BCUT2D eigenvalue weighted by Crippen LogP contribution is -2.43. The van der Waals surface area contributed by atoms with E-state index in [0.717, 1.165) is 24.5 Å². The fourth-order valence-corrected chi connectivity index (χ4v) is 6.88. The van der Waals surface area contributed by atoms with Gasteiger partial charge in [-0.3, -0.25) is 4.79 Å². The Morgan fingerprint density at radius 3 is 2.32 bits per heavy atom. The summed E-state index contributed by atoms with van der Waals surface area (Å²) in [6, 6.07) is 13.3. The third kappa shape index (κ3) is 4.99. The summed E-state index contributed by atoms with van der Waals surface area (Å²) >= 11 is 0. The number of hydrogen-bond donors (Lipinski definition) is 1. The molecule has 3 aliphatic rings. The lowest BCUT2D eigenvalue weighted by atomic mass is 9.76. The number of benzene rings is 2. The van der Waals surface area contributed by atoms with Crippen molar-refractivity contribution in [2.45, 2.75) is 64.8 Å². The molecule has 200 valence electrons. The Balaban J connectivity index is 1.48. The maximum absolute atomic E-state index is 13.9. The zero-order valence-electron chi connectivity index (χ0n) is 22.0. The first-order valence-electron chi connectivity index (χ1n) is 13.3. The van der Waals surface area contributed by atoms with Crippen molar-refractivity contribution in [2.75, 3.05) is 13.7 Å². The highest BCUT2D eigenvalue weighted by Crippen LogP contribution is 2.59. The quantitative estimate of drug-likeness (QED) is 0.481. The summed E-state index contributed by atoms with van der Waals surface area (Å²) in [4.78, 5) is 16.0. The van der Waals surface area contributed by atoms with Crippen molar-refractivity contribution >= 4 is 5.91 Å². The molecule has 0 spiro atoms. The highest BCUT2D eigenvalue weighted by atomic mass is 19.4. The van der Waals surface area contributed by atoms with Crippen LogP contribution in [-0.4, -0.2) is 30.5 Å². The highest BCUT2D eigenvalue weighted by molar-refractivity contribution is 5.83. The molecular weight excluding hydrogens is 477 g/mol. The summed E-state index contributed by atoms with van der Waals surface area (Å²) in [5, 5.41) is 3.61. The number of fused-ring (bicyclic) bond motifs is 1. The van der Waals surface area contributed by atoms with E-state index in [1.165, 1.54) is 25.7 Å². The molecule has 37 heavy (non-hydrogen) atoms. The molecule has 0 bridgehead atoms. The van der Waals surface area contributed by atoms with E-state index in [2.05, 4.69) is 43.1 Å². The number of methoxy groups -OCH3 is 1. The van der Waals surface area contributed by atoms with Crippen LogP contribution in [0.4, 0.5) is 13.2 Å². The van der Waals surface area contributed by atoms with Crippen LogP contribution in [0.2, 0.25) is 0 Å². The van der Waals surface area contributed by atoms with Crippen LogP contribution in [-0.2, 0) is 17.5 Å². The molecule has 1 heterocycles. The van der Waals surface area contributed by atoms with Gasteiger partial charge in [-0.25, -0.2) is 0 Å². The largest absolute Gasteiger partial charge is 0.496 e. The van der Waals surface area contributed by atoms with Crippen molar-refractivity contribution < 1.29 is 22.7 Å². The number of rotatable bonds is 6. The number of carbonyl (C=O) groups excluding carboxylic acids is 1. The van der Waals surface area contributed by atoms with Gasteiger partial charge in [0.2, 0.25) is 5.91 Å². The van der Waals surface area contributed by atoms with Crippen LogP contribution in [0.1, 0.15) is 62.8 Å². The number of ether oxygens (including phenoxy) is 1. The van der Waals surface area contributed by atoms with Crippen molar-refractivity contribution in [1.29, 1.82) is 0 Å². The van der Waals surface area contributed by atoms with Gasteiger partial charge in [-0.05, 0) is 59.8 Å². The first kappa shape index (κ1) is 26.1. The van der Waals surface area contributed by atoms with E-state index in [1.807, 2.05) is 18.2 Å². The Morgan fingerprint density at radius 2 is 1.73 bits per heavy atom. The summed E-state index contributed by atoms with van der Waals surface area (Å²) in [7, 11) is 1.47. The van der Waals surface area contributed by atoms with Crippen LogP contribution in [0.15, 0.2) is 48.5 Å². The van der Waals surface area contributed by atoms with E-state index < -0.39 is 11.7 Å². The number of alkyl halides is 3. The molecule has 4 nitrogen and oxygen atoms in total. The van der Waals surface area contributed by atoms with E-state index in [9.17, 15) is 18.0 Å². The van der Waals surface area contributed by atoms with Gasteiger partial charge in [0, 0.05) is 30.6 Å². The zero-order valence-corrected chi connectivity index (χ0v) is 22.0. The Kier molecular flexibility index (Phi) is 6.80. The maximum Gasteiger partial charge on any atom is 0.416 e. The number of hydrogen-bond acceptors (Lipinski definition) is 3. The van der Waals surface area contributed by atoms with Crippen molar-refractivity contribution in [1.82, 2.24) is 10.2 Å². The van der Waals surface area contributed by atoms with Gasteiger partial charge in [0.15, 0.2) is 0 Å². The third-order valence-corrected chi connectivity index (χ3v) is 8.87. The molecule has 1 saturated heterocycles. The van der Waals surface area contributed by atoms with Crippen molar-refractivity contribution in [3.63, 3.8) is 0 Å². The number of nitrogens with zero attached hydrogens (tertiary/aromatic N) is 1. The Labute approximate surface area is 217 Å². The summed E-state index contributed by atoms with van der Waals surface area (Å²) < 4.78 is 45.8. The van der Waals surface area contributed by atoms with Gasteiger partial charge in [0.1, 0.15) is 5.75 Å². The van der Waals surface area contributed by atoms with Crippen molar-refractivity contribution in [2.24, 2.45) is 29.1 Å². The second kappa shape index (κ2) is 9.64. The van der Waals surface area contributed by atoms with E-state index in [1.54, 1.807) is 0 Å². The van der Waals surface area contributed by atoms with Gasteiger partial charge in [-0.2, -0.15) is 13.2 Å². The average Bonchev–Trinajstić information content (AvgIpc) is 3.17. The smallest absolute Gasteiger partial charge is 0.416 e. The Morgan fingerprint density at radius 1 is 1.05 bits per heavy atom. The molecule has 1 aliphatic heterocycles. The van der Waals surface area contributed by atoms with Crippen molar-refractivity contribution in [3.8, 4) is 5.75 Å². The Bertz CT molecular complexity index is 1120. The summed E-state index contributed by atoms with van der Waals surface area (Å²) in [6.45, 7) is 7.39. The number of halogens is 3. The number of amides is 1. The maximum atomic E-state index is 13.9. The molecule has 7 heteroatoms. The lowest BCUT2D eigenvalue weighted by Gasteiger charge is -2.34. The normalized spacial score (nSPS) is 29.3. The minimum Gasteiger partial charge on any atom is -0.496 e. The molecular formula is C30H37F3N2O2. The van der Waals surface area contributed by atoms with Crippen LogP contribution in [0.3, 0.4) is 0 Å². The molecule has 5 unspecified atom stereocenters. The van der Waals surface area contributed by atoms with Crippen LogP contribution >= 0.6 is 0 Å². The molecule has 5 rings (SSSR count). The fraction of sp³-hybridized carbons (Fsp3) is 0.567. The van der Waals surface area contributed by atoms with E-state index >= 15 is 0 Å². The molecule has 1 amide bonds. The number of nitrogens with one attached hydrogen (secondary N) is 1. The minimum absolute atomic E-state index is 0.114. The second-order valence-corrected chi connectivity index (χ2v) is 12.0. The number of carbonyl (C=O) groups is 1. The van der Waals surface area contributed by atoms with Gasteiger partial charge in [-0.15, -0.1) is 0 Å². The molecule has 2 aliphatic carbocycles. The Hall–Kier alpha value is -2.54. The summed E-state index contributed by atoms with van der Waals surface area (Å²) in [6.07, 6.45) is -0.926. The number of likely N-dealkylation sites (tertiary alicyclic amines) is 1. The lowest BCUT2D eigenvalue weighted by molar-refractivity contribution is -0.137. The first-order valence-corrected chi connectivity index (χ1v) is 13.3. The van der Waals surface area contributed by atoms with Gasteiger partial charge >= 0.3 is 6.18 Å². The van der Waals surface area contributed by atoms with Gasteiger partial charge in [-0.1, -0.05) is 57.5 Å². The predicted octanol–water partition coefficient (Wildman–Crippen LogP) is 6.46. The fourth-order valence-electron chi connectivity index (χ4n) is 6.88. The molecule has 2 saturated carbocycles. The standard InChI is InChI=1S/C30H37F3N2O2/c1-29(2,3)23-17-35(28(36)25-21-11-8-12-22(21)25)27(18-9-6-5-7-10-18)26(23)34-16-19-15-20(30(31,32)33)13-14-24(19)37-4/h5-7,9-10,13-15,21-23,25-27,34H,8,11-12,16-17H2,1-4H3. The molecule has 0 aromatic heterocycles. The summed E-state index contributed by atoms with van der Waals surface area (Å²) in [5.41, 5.74) is 0.706. The third-order valence-electron chi connectivity index (χ3n) is 8.87. The second-order valence-electron chi connectivity index (χ2n) is 12.0. The van der Waals surface area contributed by atoms with Crippen LogP contribution in [0.5, 0.6) is 5.75 Å². The molecule has 2 aromatic rings. The predicted molar refractivity (Wildman–Crippen MR) is 137 cm³/mol. The van der Waals surface area contributed by atoms with Crippen LogP contribution in [0, 0.1) is 29.1 Å². The van der Waals surface area contributed by atoms with Gasteiger partial charge < -0.3 is 15.0 Å².